The normalized spacial score (nSPS) is 12.6. The number of carbonyl (C=O) groups is 2. The molecule has 1 aliphatic rings. The zero-order valence-corrected chi connectivity index (χ0v) is 17.7. The molecule has 0 saturated carbocycles. The molecule has 0 aliphatic carbocycles. The molecule has 1 heterocycles. The number of hydrogen-bond donors (Lipinski definition) is 1. The number of hydrogen-bond acceptors (Lipinski definition) is 4. The molecule has 31 heavy (non-hydrogen) atoms. The molecule has 0 unspecified atom stereocenters. The molecule has 7 heteroatoms. The summed E-state index contributed by atoms with van der Waals surface area (Å²) in [6, 6.07) is 18.5. The van der Waals surface area contributed by atoms with Crippen LogP contribution in [-0.4, -0.2) is 25.0 Å². The summed E-state index contributed by atoms with van der Waals surface area (Å²) in [6.07, 6.45) is 0.831. The van der Waals surface area contributed by atoms with E-state index in [2.05, 4.69) is 5.32 Å². The number of halogens is 1. The van der Waals surface area contributed by atoms with Crippen molar-refractivity contribution >= 4 is 35.0 Å². The van der Waals surface area contributed by atoms with E-state index in [0.29, 0.717) is 23.5 Å². The zero-order chi connectivity index (χ0) is 21.8. The van der Waals surface area contributed by atoms with E-state index < -0.39 is 0 Å². The molecule has 2 amide bonds. The highest BCUT2D eigenvalue weighted by Crippen LogP contribution is 2.42. The SMILES string of the molecule is CCCN1C(=O)c2ccccc2Sc2cc(NC(=O)COc3ccc(F)cc3)ccc21. The highest BCUT2D eigenvalue weighted by atomic mass is 32.2. The molecule has 5 nitrogen and oxygen atoms in total. The van der Waals surface area contributed by atoms with Gasteiger partial charge < -0.3 is 15.0 Å². The molecule has 0 bridgehead atoms. The van der Waals surface area contributed by atoms with Crippen molar-refractivity contribution in [3.05, 3.63) is 78.1 Å². The number of fused-ring (bicyclic) bond motifs is 2. The topological polar surface area (TPSA) is 58.6 Å². The van der Waals surface area contributed by atoms with E-state index in [4.69, 9.17) is 4.74 Å². The Labute approximate surface area is 184 Å². The summed E-state index contributed by atoms with van der Waals surface area (Å²) in [5.41, 5.74) is 2.12. The van der Waals surface area contributed by atoms with Gasteiger partial charge in [0.2, 0.25) is 0 Å². The lowest BCUT2D eigenvalue weighted by Crippen LogP contribution is -2.31. The zero-order valence-electron chi connectivity index (χ0n) is 16.9. The first-order valence-corrected chi connectivity index (χ1v) is 10.8. The molecular formula is C24H21FN2O3S. The fraction of sp³-hybridized carbons (Fsp3) is 0.167. The second kappa shape index (κ2) is 9.22. The molecule has 0 saturated heterocycles. The van der Waals surface area contributed by atoms with Crippen LogP contribution in [0, 0.1) is 5.82 Å². The average molecular weight is 437 g/mol. The van der Waals surface area contributed by atoms with Gasteiger partial charge in [-0.05, 0) is 61.0 Å². The van der Waals surface area contributed by atoms with Gasteiger partial charge in [0.1, 0.15) is 11.6 Å². The Kier molecular flexibility index (Phi) is 6.23. The van der Waals surface area contributed by atoms with Crippen LogP contribution in [0.5, 0.6) is 5.75 Å². The Hall–Kier alpha value is -3.32. The lowest BCUT2D eigenvalue weighted by molar-refractivity contribution is -0.118. The lowest BCUT2D eigenvalue weighted by Gasteiger charge is -2.22. The van der Waals surface area contributed by atoms with Crippen molar-refractivity contribution in [1.29, 1.82) is 0 Å². The van der Waals surface area contributed by atoms with Crippen LogP contribution < -0.4 is 15.0 Å². The average Bonchev–Trinajstić information content (AvgIpc) is 2.88. The summed E-state index contributed by atoms with van der Waals surface area (Å²) in [7, 11) is 0. The predicted molar refractivity (Wildman–Crippen MR) is 119 cm³/mol. The van der Waals surface area contributed by atoms with Gasteiger partial charge >= 0.3 is 0 Å². The molecule has 1 N–H and O–H groups in total. The maximum Gasteiger partial charge on any atom is 0.262 e. The van der Waals surface area contributed by atoms with Crippen LogP contribution in [0.2, 0.25) is 0 Å². The Bertz CT molecular complexity index is 1120. The van der Waals surface area contributed by atoms with Gasteiger partial charge in [-0.25, -0.2) is 4.39 Å². The highest BCUT2D eigenvalue weighted by Gasteiger charge is 2.26. The molecule has 0 spiro atoms. The molecule has 3 aromatic rings. The van der Waals surface area contributed by atoms with Gasteiger partial charge in [-0.3, -0.25) is 9.59 Å². The number of benzene rings is 3. The van der Waals surface area contributed by atoms with E-state index in [1.807, 2.05) is 43.3 Å². The molecule has 158 valence electrons. The van der Waals surface area contributed by atoms with Crippen molar-refractivity contribution in [1.82, 2.24) is 0 Å². The van der Waals surface area contributed by atoms with Crippen LogP contribution in [0.3, 0.4) is 0 Å². The van der Waals surface area contributed by atoms with E-state index in [-0.39, 0.29) is 24.2 Å². The molecular weight excluding hydrogens is 415 g/mol. The van der Waals surface area contributed by atoms with Crippen LogP contribution in [0.15, 0.2) is 76.5 Å². The first-order valence-electron chi connectivity index (χ1n) is 9.96. The molecule has 3 aromatic carbocycles. The van der Waals surface area contributed by atoms with Crippen LogP contribution in [-0.2, 0) is 4.79 Å². The second-order valence-corrected chi connectivity index (χ2v) is 8.11. The van der Waals surface area contributed by atoms with E-state index in [1.54, 1.807) is 11.0 Å². The number of ether oxygens (including phenoxy) is 1. The molecule has 1 aliphatic heterocycles. The lowest BCUT2D eigenvalue weighted by atomic mass is 10.1. The van der Waals surface area contributed by atoms with Gasteiger partial charge in [-0.15, -0.1) is 0 Å². The summed E-state index contributed by atoms with van der Waals surface area (Å²) in [4.78, 5) is 29.0. The minimum absolute atomic E-state index is 0.0202. The van der Waals surface area contributed by atoms with E-state index in [0.717, 1.165) is 21.9 Å². The van der Waals surface area contributed by atoms with Crippen LogP contribution in [0.1, 0.15) is 23.7 Å². The van der Waals surface area contributed by atoms with Crippen molar-refractivity contribution in [3.63, 3.8) is 0 Å². The third-order valence-corrected chi connectivity index (χ3v) is 5.87. The van der Waals surface area contributed by atoms with Gasteiger partial charge in [0, 0.05) is 22.0 Å². The third-order valence-electron chi connectivity index (χ3n) is 4.75. The first-order chi connectivity index (χ1) is 15.0. The Morgan fingerprint density at radius 2 is 1.84 bits per heavy atom. The molecule has 0 atom stereocenters. The van der Waals surface area contributed by atoms with Crippen molar-refractivity contribution in [2.24, 2.45) is 0 Å². The smallest absolute Gasteiger partial charge is 0.262 e. The number of carbonyl (C=O) groups excluding carboxylic acids is 2. The van der Waals surface area contributed by atoms with Gasteiger partial charge in [-0.1, -0.05) is 30.8 Å². The minimum Gasteiger partial charge on any atom is -0.484 e. The first kappa shape index (κ1) is 20.9. The Balaban J connectivity index is 1.53. The monoisotopic (exact) mass is 436 g/mol. The number of anilines is 2. The van der Waals surface area contributed by atoms with Gasteiger partial charge in [-0.2, -0.15) is 0 Å². The van der Waals surface area contributed by atoms with Gasteiger partial charge in [0.15, 0.2) is 6.61 Å². The third kappa shape index (κ3) is 4.72. The van der Waals surface area contributed by atoms with E-state index >= 15 is 0 Å². The fourth-order valence-corrected chi connectivity index (χ4v) is 4.44. The number of nitrogens with one attached hydrogen (secondary N) is 1. The van der Waals surface area contributed by atoms with Crippen LogP contribution >= 0.6 is 11.8 Å². The van der Waals surface area contributed by atoms with Crippen molar-refractivity contribution in [2.75, 3.05) is 23.4 Å². The van der Waals surface area contributed by atoms with Crippen LogP contribution in [0.25, 0.3) is 0 Å². The molecule has 0 radical (unpaired) electrons. The summed E-state index contributed by atoms with van der Waals surface area (Å²) in [5.74, 6) is -0.297. The number of nitrogens with zero attached hydrogens (tertiary/aromatic N) is 1. The molecule has 4 rings (SSSR count). The highest BCUT2D eigenvalue weighted by molar-refractivity contribution is 7.99. The van der Waals surface area contributed by atoms with Crippen molar-refractivity contribution in [2.45, 2.75) is 23.1 Å². The second-order valence-electron chi connectivity index (χ2n) is 7.03. The summed E-state index contributed by atoms with van der Waals surface area (Å²) in [5, 5.41) is 2.82. The summed E-state index contributed by atoms with van der Waals surface area (Å²) >= 11 is 1.51. The van der Waals surface area contributed by atoms with Crippen molar-refractivity contribution in [3.8, 4) is 5.75 Å². The predicted octanol–water partition coefficient (Wildman–Crippen LogP) is 5.36. The van der Waals surface area contributed by atoms with E-state index in [1.165, 1.54) is 36.0 Å². The Morgan fingerprint density at radius 3 is 2.61 bits per heavy atom. The minimum atomic E-state index is -0.364. The summed E-state index contributed by atoms with van der Waals surface area (Å²) < 4.78 is 18.4. The van der Waals surface area contributed by atoms with Crippen LogP contribution in [0.4, 0.5) is 15.8 Å². The Morgan fingerprint density at radius 1 is 1.06 bits per heavy atom. The fourth-order valence-electron chi connectivity index (χ4n) is 3.32. The maximum atomic E-state index is 13.1. The number of rotatable bonds is 6. The molecule has 0 fully saturated rings. The molecule has 0 aromatic heterocycles. The van der Waals surface area contributed by atoms with E-state index in [9.17, 15) is 14.0 Å². The maximum absolute atomic E-state index is 13.1. The standard InChI is InChI=1S/C24H21FN2O3S/c1-2-13-27-20-12-9-17(26-23(28)15-30-18-10-7-16(25)8-11-18)14-22(20)31-21-6-4-3-5-19(21)24(27)29/h3-12,14H,2,13,15H2,1H3,(H,26,28). The van der Waals surface area contributed by atoms with Gasteiger partial charge in [0.25, 0.3) is 11.8 Å². The summed E-state index contributed by atoms with van der Waals surface area (Å²) in [6.45, 7) is 2.45. The quantitative estimate of drug-likeness (QED) is 0.565. The van der Waals surface area contributed by atoms with Crippen molar-refractivity contribution < 1.29 is 18.7 Å². The number of amides is 2. The largest absolute Gasteiger partial charge is 0.484 e. The van der Waals surface area contributed by atoms with Gasteiger partial charge in [0.05, 0.1) is 11.3 Å².